The van der Waals surface area contributed by atoms with Crippen LogP contribution in [0.3, 0.4) is 0 Å². The van der Waals surface area contributed by atoms with Crippen LogP contribution in [0.25, 0.3) is 11.0 Å². The van der Waals surface area contributed by atoms with Crippen LogP contribution in [0.15, 0.2) is 28.9 Å². The molecule has 78 valence electrons. The zero-order chi connectivity index (χ0) is 10.3. The first-order chi connectivity index (χ1) is 7.33. The first kappa shape index (κ1) is 8.84. The summed E-state index contributed by atoms with van der Waals surface area (Å²) in [5, 5.41) is 1.13. The average Bonchev–Trinajstić information content (AvgIpc) is 2.58. The van der Waals surface area contributed by atoms with E-state index >= 15 is 0 Å². The smallest absolute Gasteiger partial charge is 0.175 e. The summed E-state index contributed by atoms with van der Waals surface area (Å²) in [6.07, 6.45) is 5.77. The van der Waals surface area contributed by atoms with Crippen LogP contribution >= 0.6 is 0 Å². The summed E-state index contributed by atoms with van der Waals surface area (Å²) in [6, 6.07) is 6.16. The van der Waals surface area contributed by atoms with E-state index in [4.69, 9.17) is 9.15 Å². The lowest BCUT2D eigenvalue weighted by Gasteiger charge is -2.26. The molecule has 3 rings (SSSR count). The Morgan fingerprint density at radius 1 is 1.33 bits per heavy atom. The average molecular weight is 202 g/mol. The molecule has 0 N–H and O–H groups in total. The van der Waals surface area contributed by atoms with Gasteiger partial charge in [0.05, 0.1) is 12.4 Å². The van der Waals surface area contributed by atoms with Crippen LogP contribution in [0.5, 0.6) is 5.75 Å². The number of benzene rings is 1. The monoisotopic (exact) mass is 202 g/mol. The molecule has 1 aliphatic carbocycles. The van der Waals surface area contributed by atoms with Gasteiger partial charge in [-0.3, -0.25) is 0 Å². The quantitative estimate of drug-likeness (QED) is 0.741. The first-order valence-corrected chi connectivity index (χ1v) is 5.47. The number of ether oxygens (including phenoxy) is 1. The highest BCUT2D eigenvalue weighted by molar-refractivity contribution is 5.83. The first-order valence-electron chi connectivity index (χ1n) is 5.47. The van der Waals surface area contributed by atoms with E-state index in [0.717, 1.165) is 16.7 Å². The van der Waals surface area contributed by atoms with Crippen molar-refractivity contribution in [3.8, 4) is 5.75 Å². The largest absolute Gasteiger partial charge is 0.486 e. The number of hydrogen-bond acceptors (Lipinski definition) is 2. The maximum atomic E-state index is 5.91. The summed E-state index contributed by atoms with van der Waals surface area (Å²) in [5.41, 5.74) is 2.10. The standard InChI is InChI=1S/C13H14O2/c1-9-7-10-5-6-14-13(10)12(8-9)15-11-3-2-4-11/h5-8,11H,2-4H2,1H3. The maximum Gasteiger partial charge on any atom is 0.175 e. The van der Waals surface area contributed by atoms with Crippen LogP contribution in [-0.4, -0.2) is 6.10 Å². The fourth-order valence-corrected chi connectivity index (χ4v) is 1.95. The molecule has 0 unspecified atom stereocenters. The van der Waals surface area contributed by atoms with Crippen molar-refractivity contribution in [2.24, 2.45) is 0 Å². The van der Waals surface area contributed by atoms with Gasteiger partial charge in [-0.15, -0.1) is 0 Å². The maximum absolute atomic E-state index is 5.91. The molecule has 0 bridgehead atoms. The van der Waals surface area contributed by atoms with Crippen molar-refractivity contribution >= 4 is 11.0 Å². The lowest BCUT2D eigenvalue weighted by Crippen LogP contribution is -2.24. The highest BCUT2D eigenvalue weighted by Crippen LogP contribution is 2.32. The second-order valence-electron chi connectivity index (χ2n) is 4.27. The van der Waals surface area contributed by atoms with E-state index in [2.05, 4.69) is 19.1 Å². The highest BCUT2D eigenvalue weighted by atomic mass is 16.5. The van der Waals surface area contributed by atoms with E-state index in [1.54, 1.807) is 6.26 Å². The van der Waals surface area contributed by atoms with E-state index in [0.29, 0.717) is 6.10 Å². The van der Waals surface area contributed by atoms with Crippen molar-refractivity contribution in [3.05, 3.63) is 30.0 Å². The van der Waals surface area contributed by atoms with Crippen molar-refractivity contribution in [1.82, 2.24) is 0 Å². The molecule has 0 saturated heterocycles. The van der Waals surface area contributed by atoms with Gasteiger partial charge in [-0.25, -0.2) is 0 Å². The topological polar surface area (TPSA) is 22.4 Å². The SMILES string of the molecule is Cc1cc(OC2CCC2)c2occc2c1. The molecule has 0 spiro atoms. The predicted molar refractivity (Wildman–Crippen MR) is 59.2 cm³/mol. The second kappa shape index (κ2) is 3.30. The molecule has 2 nitrogen and oxygen atoms in total. The summed E-state index contributed by atoms with van der Waals surface area (Å²) in [7, 11) is 0. The Labute approximate surface area is 88.8 Å². The molecule has 1 aromatic carbocycles. The molecular formula is C13H14O2. The Kier molecular flexibility index (Phi) is 1.94. The van der Waals surface area contributed by atoms with E-state index in [9.17, 15) is 0 Å². The molecule has 0 amide bonds. The molecule has 2 heteroatoms. The van der Waals surface area contributed by atoms with Gasteiger partial charge in [0.1, 0.15) is 0 Å². The molecule has 1 aromatic heterocycles. The van der Waals surface area contributed by atoms with Crippen LogP contribution < -0.4 is 4.74 Å². The van der Waals surface area contributed by atoms with Gasteiger partial charge in [-0.05, 0) is 49.9 Å². The number of rotatable bonds is 2. The Morgan fingerprint density at radius 2 is 2.20 bits per heavy atom. The van der Waals surface area contributed by atoms with Crippen molar-refractivity contribution in [1.29, 1.82) is 0 Å². The molecule has 1 saturated carbocycles. The molecule has 0 aliphatic heterocycles. The Hall–Kier alpha value is -1.44. The minimum atomic E-state index is 0.403. The molecular weight excluding hydrogens is 188 g/mol. The number of aryl methyl sites for hydroxylation is 1. The zero-order valence-corrected chi connectivity index (χ0v) is 8.82. The van der Waals surface area contributed by atoms with Crippen LogP contribution in [0.2, 0.25) is 0 Å². The predicted octanol–water partition coefficient (Wildman–Crippen LogP) is 3.67. The Bertz CT molecular complexity index is 480. The van der Waals surface area contributed by atoms with Gasteiger partial charge in [0, 0.05) is 5.39 Å². The molecule has 2 aromatic rings. The van der Waals surface area contributed by atoms with E-state index in [-0.39, 0.29) is 0 Å². The third-order valence-corrected chi connectivity index (χ3v) is 3.01. The third kappa shape index (κ3) is 1.50. The van der Waals surface area contributed by atoms with Gasteiger partial charge < -0.3 is 9.15 Å². The van der Waals surface area contributed by atoms with Crippen LogP contribution in [0.4, 0.5) is 0 Å². The van der Waals surface area contributed by atoms with Crippen molar-refractivity contribution in [2.45, 2.75) is 32.3 Å². The number of hydrogen-bond donors (Lipinski definition) is 0. The van der Waals surface area contributed by atoms with Crippen LogP contribution in [0, 0.1) is 6.92 Å². The third-order valence-electron chi connectivity index (χ3n) is 3.01. The summed E-state index contributed by atoms with van der Waals surface area (Å²) in [5.74, 6) is 0.903. The van der Waals surface area contributed by atoms with Gasteiger partial charge in [-0.2, -0.15) is 0 Å². The van der Waals surface area contributed by atoms with Gasteiger partial charge in [0.25, 0.3) is 0 Å². The molecule has 1 heterocycles. The fraction of sp³-hybridized carbons (Fsp3) is 0.385. The number of fused-ring (bicyclic) bond motifs is 1. The van der Waals surface area contributed by atoms with Crippen LogP contribution in [0.1, 0.15) is 24.8 Å². The Balaban J connectivity index is 2.02. The summed E-state index contributed by atoms with van der Waals surface area (Å²) < 4.78 is 11.4. The van der Waals surface area contributed by atoms with E-state index in [1.165, 1.54) is 24.8 Å². The highest BCUT2D eigenvalue weighted by Gasteiger charge is 2.20. The molecule has 0 radical (unpaired) electrons. The van der Waals surface area contributed by atoms with Crippen molar-refractivity contribution < 1.29 is 9.15 Å². The second-order valence-corrected chi connectivity index (χ2v) is 4.27. The number of furan rings is 1. The van der Waals surface area contributed by atoms with Gasteiger partial charge >= 0.3 is 0 Å². The van der Waals surface area contributed by atoms with Crippen molar-refractivity contribution in [2.75, 3.05) is 0 Å². The summed E-state index contributed by atoms with van der Waals surface area (Å²) in [4.78, 5) is 0. The van der Waals surface area contributed by atoms with E-state index in [1.807, 2.05) is 6.07 Å². The van der Waals surface area contributed by atoms with Gasteiger partial charge in [0.2, 0.25) is 0 Å². The molecule has 15 heavy (non-hydrogen) atoms. The normalized spacial score (nSPS) is 16.6. The zero-order valence-electron chi connectivity index (χ0n) is 8.82. The lowest BCUT2D eigenvalue weighted by atomic mass is 9.96. The van der Waals surface area contributed by atoms with Crippen molar-refractivity contribution in [3.63, 3.8) is 0 Å². The van der Waals surface area contributed by atoms with Gasteiger partial charge in [-0.1, -0.05) is 0 Å². The van der Waals surface area contributed by atoms with Gasteiger partial charge in [0.15, 0.2) is 11.3 Å². The Morgan fingerprint density at radius 3 is 2.93 bits per heavy atom. The fourth-order valence-electron chi connectivity index (χ4n) is 1.95. The van der Waals surface area contributed by atoms with E-state index < -0.39 is 0 Å². The minimum Gasteiger partial charge on any atom is -0.486 e. The minimum absolute atomic E-state index is 0.403. The molecule has 1 aliphatic rings. The molecule has 0 atom stereocenters. The molecule has 1 fully saturated rings. The lowest BCUT2D eigenvalue weighted by molar-refractivity contribution is 0.120. The summed E-state index contributed by atoms with van der Waals surface area (Å²) >= 11 is 0. The summed E-state index contributed by atoms with van der Waals surface area (Å²) in [6.45, 7) is 2.08. The van der Waals surface area contributed by atoms with Crippen LogP contribution in [-0.2, 0) is 0 Å².